The van der Waals surface area contributed by atoms with Crippen LogP contribution in [0.1, 0.15) is 40.7 Å². The Morgan fingerprint density at radius 3 is 2.08 bits per heavy atom. The van der Waals surface area contributed by atoms with E-state index in [4.69, 9.17) is 11.6 Å². The predicted molar refractivity (Wildman–Crippen MR) is 203 cm³/mol. The van der Waals surface area contributed by atoms with Crippen molar-refractivity contribution in [3.8, 4) is 0 Å². The van der Waals surface area contributed by atoms with Crippen molar-refractivity contribution in [3.05, 3.63) is 131 Å². The smallest absolute Gasteiger partial charge is 0.252 e. The van der Waals surface area contributed by atoms with Crippen molar-refractivity contribution >= 4 is 51.9 Å². The molecule has 1 aliphatic heterocycles. The van der Waals surface area contributed by atoms with Crippen LogP contribution >= 0.6 is 11.6 Å². The molecule has 52 heavy (non-hydrogen) atoms. The Hall–Kier alpha value is -5.48. The summed E-state index contributed by atoms with van der Waals surface area (Å²) >= 11 is 6.28. The van der Waals surface area contributed by atoms with Crippen molar-refractivity contribution in [2.75, 3.05) is 32.7 Å². The average molecular weight is 722 g/mol. The summed E-state index contributed by atoms with van der Waals surface area (Å²) in [5, 5.41) is 10.9. The van der Waals surface area contributed by atoms with Crippen LogP contribution in [0.15, 0.2) is 110 Å². The molecule has 270 valence electrons. The van der Waals surface area contributed by atoms with Crippen LogP contribution in [0.2, 0.25) is 5.02 Å². The molecule has 11 heteroatoms. The lowest BCUT2D eigenvalue weighted by molar-refractivity contribution is -0.142. The van der Waals surface area contributed by atoms with Crippen molar-refractivity contribution in [1.82, 2.24) is 25.8 Å². The van der Waals surface area contributed by atoms with Crippen LogP contribution in [0, 0.1) is 0 Å². The van der Waals surface area contributed by atoms with Gasteiger partial charge in [-0.25, -0.2) is 0 Å². The van der Waals surface area contributed by atoms with E-state index in [1.54, 1.807) is 40.1 Å². The first kappa shape index (κ1) is 37.8. The molecular formula is C41H44ClN5O5. The topological polar surface area (TPSA) is 128 Å². The van der Waals surface area contributed by atoms with E-state index < -0.39 is 12.1 Å². The normalized spacial score (nSPS) is 13.9. The van der Waals surface area contributed by atoms with Gasteiger partial charge in [0.1, 0.15) is 12.1 Å². The Labute approximate surface area is 309 Å². The number of amides is 5. The van der Waals surface area contributed by atoms with Gasteiger partial charge in [0.2, 0.25) is 23.6 Å². The average Bonchev–Trinajstić information content (AvgIpc) is 3.17. The molecule has 0 saturated carbocycles. The van der Waals surface area contributed by atoms with Crippen LogP contribution in [0.25, 0.3) is 10.8 Å². The molecular weight excluding hydrogens is 678 g/mol. The zero-order valence-electron chi connectivity index (χ0n) is 29.1. The van der Waals surface area contributed by atoms with Crippen LogP contribution in [-0.4, -0.2) is 84.1 Å². The molecule has 4 aromatic rings. The van der Waals surface area contributed by atoms with Gasteiger partial charge in [0.05, 0.1) is 6.42 Å². The van der Waals surface area contributed by atoms with Gasteiger partial charge >= 0.3 is 0 Å². The SMILES string of the molecule is C=CC(=O)NCCCC[C@H](NC(=O)Cc1ccccc1Cl)C(=O)N1CCN(C(=O)[C@H](Cc2ccccc2)NC(=O)c2cccc3ccccc23)CC1. The van der Waals surface area contributed by atoms with E-state index in [9.17, 15) is 24.0 Å². The van der Waals surface area contributed by atoms with E-state index in [0.717, 1.165) is 16.3 Å². The number of carbonyl (C=O) groups excluding carboxylic acids is 5. The van der Waals surface area contributed by atoms with Crippen LogP contribution in [-0.2, 0) is 32.0 Å². The number of unbranched alkanes of at least 4 members (excludes halogenated alkanes) is 1. The minimum absolute atomic E-state index is 0.0222. The largest absolute Gasteiger partial charge is 0.353 e. The first-order valence-corrected chi connectivity index (χ1v) is 17.9. The van der Waals surface area contributed by atoms with Crippen LogP contribution in [0.4, 0.5) is 0 Å². The molecule has 10 nitrogen and oxygen atoms in total. The third-order valence-electron chi connectivity index (χ3n) is 9.17. The van der Waals surface area contributed by atoms with E-state index in [0.29, 0.717) is 48.4 Å². The number of fused-ring (bicyclic) bond motifs is 1. The second kappa shape index (κ2) is 18.7. The van der Waals surface area contributed by atoms with Gasteiger partial charge in [-0.1, -0.05) is 103 Å². The number of carbonyl (C=O) groups is 5. The van der Waals surface area contributed by atoms with Crippen molar-refractivity contribution < 1.29 is 24.0 Å². The fourth-order valence-corrected chi connectivity index (χ4v) is 6.57. The second-order valence-corrected chi connectivity index (χ2v) is 13.2. The number of rotatable bonds is 15. The lowest BCUT2D eigenvalue weighted by atomic mass is 10.0. The second-order valence-electron chi connectivity index (χ2n) is 12.8. The summed E-state index contributed by atoms with van der Waals surface area (Å²) in [6.07, 6.45) is 3.09. The van der Waals surface area contributed by atoms with Gasteiger partial charge in [-0.05, 0) is 59.4 Å². The zero-order valence-corrected chi connectivity index (χ0v) is 29.8. The number of hydrogen-bond acceptors (Lipinski definition) is 5. The van der Waals surface area contributed by atoms with Gasteiger partial charge in [-0.15, -0.1) is 0 Å². The quantitative estimate of drug-likeness (QED) is 0.121. The Bertz CT molecular complexity index is 1890. The highest BCUT2D eigenvalue weighted by molar-refractivity contribution is 6.31. The first-order chi connectivity index (χ1) is 25.2. The molecule has 1 aliphatic rings. The van der Waals surface area contributed by atoms with Crippen molar-refractivity contribution in [2.45, 2.75) is 44.2 Å². The molecule has 1 fully saturated rings. The maximum Gasteiger partial charge on any atom is 0.252 e. The van der Waals surface area contributed by atoms with Gasteiger partial charge in [0.25, 0.3) is 5.91 Å². The number of nitrogens with one attached hydrogen (secondary N) is 3. The molecule has 1 saturated heterocycles. The van der Waals surface area contributed by atoms with Crippen LogP contribution in [0.3, 0.4) is 0 Å². The molecule has 0 radical (unpaired) electrons. The molecule has 4 aromatic carbocycles. The van der Waals surface area contributed by atoms with Crippen molar-refractivity contribution in [1.29, 1.82) is 0 Å². The Balaban J connectivity index is 1.24. The number of hydrogen-bond donors (Lipinski definition) is 3. The minimum atomic E-state index is -0.824. The molecule has 0 aromatic heterocycles. The van der Waals surface area contributed by atoms with Crippen LogP contribution in [0.5, 0.6) is 0 Å². The lowest BCUT2D eigenvalue weighted by Gasteiger charge is -2.38. The summed E-state index contributed by atoms with van der Waals surface area (Å²) in [6.45, 7) is 4.95. The van der Waals surface area contributed by atoms with Gasteiger partial charge in [-0.3, -0.25) is 24.0 Å². The highest BCUT2D eigenvalue weighted by atomic mass is 35.5. The summed E-state index contributed by atoms with van der Waals surface area (Å²) in [7, 11) is 0. The maximum absolute atomic E-state index is 14.1. The number of benzene rings is 4. The highest BCUT2D eigenvalue weighted by Crippen LogP contribution is 2.20. The molecule has 5 rings (SSSR count). The molecule has 5 amide bonds. The monoisotopic (exact) mass is 721 g/mol. The summed E-state index contributed by atoms with van der Waals surface area (Å²) in [6, 6.07) is 28.2. The summed E-state index contributed by atoms with van der Waals surface area (Å²) < 4.78 is 0. The standard InChI is InChI=1S/C41H44ClN5O5/c1-2-37(48)43-22-11-10-21-35(44-38(49)28-31-16-7-9-20-34(31)42)40(51)46-23-25-47(26-24-46)41(52)36(27-29-13-4-3-5-14-29)45-39(50)33-19-12-17-30-15-6-8-18-32(30)33/h2-9,12-20,35-36H,1,10-11,21-28H2,(H,43,48)(H,44,49)(H,45,50)/t35-,36-/m0/s1. The van der Waals surface area contributed by atoms with E-state index in [-0.39, 0.29) is 62.1 Å². The predicted octanol–water partition coefficient (Wildman–Crippen LogP) is 4.71. The highest BCUT2D eigenvalue weighted by Gasteiger charge is 2.33. The molecule has 3 N–H and O–H groups in total. The Morgan fingerprint density at radius 2 is 1.37 bits per heavy atom. The summed E-state index contributed by atoms with van der Waals surface area (Å²) in [5.41, 5.74) is 2.06. The fraction of sp³-hybridized carbons (Fsp3) is 0.293. The van der Waals surface area contributed by atoms with E-state index >= 15 is 0 Å². The number of piperazine rings is 1. The van der Waals surface area contributed by atoms with Gasteiger partial charge in [0.15, 0.2) is 0 Å². The third kappa shape index (κ3) is 10.3. The number of halogens is 1. The summed E-state index contributed by atoms with van der Waals surface area (Å²) in [4.78, 5) is 69.6. The lowest BCUT2D eigenvalue weighted by Crippen LogP contribution is -2.58. The van der Waals surface area contributed by atoms with Crippen LogP contribution < -0.4 is 16.0 Å². The first-order valence-electron chi connectivity index (χ1n) is 17.6. The van der Waals surface area contributed by atoms with E-state index in [2.05, 4.69) is 22.5 Å². The molecule has 2 atom stereocenters. The summed E-state index contributed by atoms with van der Waals surface area (Å²) in [5.74, 6) is -1.40. The third-order valence-corrected chi connectivity index (χ3v) is 9.54. The molecule has 0 bridgehead atoms. The number of nitrogens with zero attached hydrogens (tertiary/aromatic N) is 2. The van der Waals surface area contributed by atoms with Crippen molar-refractivity contribution in [2.24, 2.45) is 0 Å². The Morgan fingerprint density at radius 1 is 0.731 bits per heavy atom. The fourth-order valence-electron chi connectivity index (χ4n) is 6.37. The molecule has 1 heterocycles. The van der Waals surface area contributed by atoms with Gasteiger partial charge in [-0.2, -0.15) is 0 Å². The minimum Gasteiger partial charge on any atom is -0.353 e. The molecule has 0 unspecified atom stereocenters. The van der Waals surface area contributed by atoms with Gasteiger partial charge in [0, 0.05) is 49.7 Å². The maximum atomic E-state index is 14.1. The van der Waals surface area contributed by atoms with Crippen molar-refractivity contribution in [3.63, 3.8) is 0 Å². The molecule has 0 aliphatic carbocycles. The molecule has 0 spiro atoms. The zero-order chi connectivity index (χ0) is 36.9. The van der Waals surface area contributed by atoms with Gasteiger partial charge < -0.3 is 25.8 Å². The Kier molecular flexibility index (Phi) is 13.6. The van der Waals surface area contributed by atoms with E-state index in [1.807, 2.05) is 66.7 Å². The van der Waals surface area contributed by atoms with E-state index in [1.165, 1.54) is 6.08 Å².